The Bertz CT molecular complexity index is 1070. The van der Waals surface area contributed by atoms with Crippen molar-refractivity contribution in [3.63, 3.8) is 0 Å². The van der Waals surface area contributed by atoms with Gasteiger partial charge >= 0.3 is 0 Å². The normalized spacial score (nSPS) is 10.8. The number of hydrogen-bond acceptors (Lipinski definition) is 3. The molecular weight excluding hydrogens is 348 g/mol. The lowest BCUT2D eigenvalue weighted by atomic mass is 10.1. The van der Waals surface area contributed by atoms with Crippen molar-refractivity contribution in [2.24, 2.45) is 0 Å². The van der Waals surface area contributed by atoms with Crippen LogP contribution in [0.2, 0.25) is 5.02 Å². The second-order valence-electron chi connectivity index (χ2n) is 5.93. The highest BCUT2D eigenvalue weighted by molar-refractivity contribution is 6.30. The molecule has 0 bridgehead atoms. The molecule has 4 rings (SSSR count). The molecule has 0 fully saturated rings. The highest BCUT2D eigenvalue weighted by atomic mass is 35.5. The Kier molecular flexibility index (Phi) is 4.42. The van der Waals surface area contributed by atoms with E-state index in [4.69, 9.17) is 16.1 Å². The number of carbonyl (C=O) groups is 1. The molecule has 4 nitrogen and oxygen atoms in total. The molecule has 0 aliphatic carbocycles. The van der Waals surface area contributed by atoms with Gasteiger partial charge in [0.05, 0.1) is 6.54 Å². The van der Waals surface area contributed by atoms with Crippen LogP contribution in [0.5, 0.6) is 0 Å². The maximum absolute atomic E-state index is 12.4. The summed E-state index contributed by atoms with van der Waals surface area (Å²) in [4.78, 5) is 12.4. The van der Waals surface area contributed by atoms with Crippen LogP contribution in [0.25, 0.3) is 22.1 Å². The Morgan fingerprint density at radius 1 is 0.962 bits per heavy atom. The molecule has 1 heterocycles. The van der Waals surface area contributed by atoms with Crippen LogP contribution >= 0.6 is 11.6 Å². The first kappa shape index (κ1) is 16.4. The van der Waals surface area contributed by atoms with Gasteiger partial charge in [-0.05, 0) is 47.2 Å². The summed E-state index contributed by atoms with van der Waals surface area (Å²) in [6.45, 7) is 0.294. The Morgan fingerprint density at radius 2 is 1.73 bits per heavy atom. The smallest absolute Gasteiger partial charge is 0.251 e. The first-order chi connectivity index (χ1) is 12.7. The molecule has 3 aromatic carbocycles. The van der Waals surface area contributed by atoms with Crippen molar-refractivity contribution in [3.8, 4) is 11.3 Å². The largest absolute Gasteiger partial charge is 0.356 e. The third-order valence-electron chi connectivity index (χ3n) is 4.13. The topological polar surface area (TPSA) is 55.1 Å². The van der Waals surface area contributed by atoms with Crippen molar-refractivity contribution in [2.75, 3.05) is 0 Å². The van der Waals surface area contributed by atoms with E-state index in [1.54, 1.807) is 12.1 Å². The number of halogens is 1. The van der Waals surface area contributed by atoms with Crippen molar-refractivity contribution < 1.29 is 9.32 Å². The van der Waals surface area contributed by atoms with E-state index in [1.165, 1.54) is 0 Å². The summed E-state index contributed by atoms with van der Waals surface area (Å²) in [6, 6.07) is 22.7. The Hall–Kier alpha value is -3.11. The maximum atomic E-state index is 12.4. The Balaban J connectivity index is 1.45. The van der Waals surface area contributed by atoms with Gasteiger partial charge in [0.1, 0.15) is 5.69 Å². The summed E-state index contributed by atoms with van der Waals surface area (Å²) in [5.74, 6) is 0.489. The van der Waals surface area contributed by atoms with Gasteiger partial charge in [-0.15, -0.1) is 0 Å². The number of benzene rings is 3. The minimum atomic E-state index is -0.146. The predicted molar refractivity (Wildman–Crippen MR) is 102 cm³/mol. The van der Waals surface area contributed by atoms with Gasteiger partial charge < -0.3 is 9.84 Å². The molecule has 1 amide bonds. The van der Waals surface area contributed by atoms with E-state index in [1.807, 2.05) is 60.7 Å². The zero-order valence-corrected chi connectivity index (χ0v) is 14.5. The zero-order chi connectivity index (χ0) is 17.9. The minimum Gasteiger partial charge on any atom is -0.356 e. The zero-order valence-electron chi connectivity index (χ0n) is 13.8. The number of rotatable bonds is 4. The number of fused-ring (bicyclic) bond motifs is 1. The average molecular weight is 363 g/mol. The fraction of sp³-hybridized carbons (Fsp3) is 0.0476. The van der Waals surface area contributed by atoms with Gasteiger partial charge in [-0.3, -0.25) is 4.79 Å². The molecule has 1 aromatic heterocycles. The lowest BCUT2D eigenvalue weighted by molar-refractivity contribution is 0.0950. The van der Waals surface area contributed by atoms with Crippen molar-refractivity contribution in [3.05, 3.63) is 89.1 Å². The molecular formula is C21H15ClN2O2. The van der Waals surface area contributed by atoms with Crippen LogP contribution in [0.1, 0.15) is 16.1 Å². The van der Waals surface area contributed by atoms with Crippen LogP contribution in [0.3, 0.4) is 0 Å². The highest BCUT2D eigenvalue weighted by Crippen LogP contribution is 2.22. The van der Waals surface area contributed by atoms with Crippen LogP contribution in [0.15, 0.2) is 77.3 Å². The van der Waals surface area contributed by atoms with Crippen LogP contribution < -0.4 is 5.32 Å². The second kappa shape index (κ2) is 7.02. The summed E-state index contributed by atoms with van der Waals surface area (Å²) in [6.07, 6.45) is 0. The molecule has 1 N–H and O–H groups in total. The van der Waals surface area contributed by atoms with Crippen LogP contribution in [0.4, 0.5) is 0 Å². The molecule has 0 radical (unpaired) electrons. The van der Waals surface area contributed by atoms with Crippen LogP contribution in [-0.4, -0.2) is 11.1 Å². The number of nitrogens with zero attached hydrogens (tertiary/aromatic N) is 1. The SMILES string of the molecule is O=C(NCc1cc(-c2ccc(Cl)cc2)on1)c1ccc2ccccc2c1. The molecule has 0 saturated carbocycles. The minimum absolute atomic E-state index is 0.146. The van der Waals surface area contributed by atoms with Gasteiger partial charge in [0.25, 0.3) is 5.91 Å². The Labute approximate surface area is 155 Å². The molecule has 128 valence electrons. The van der Waals surface area contributed by atoms with E-state index in [2.05, 4.69) is 10.5 Å². The van der Waals surface area contributed by atoms with Crippen molar-refractivity contribution in [1.29, 1.82) is 0 Å². The molecule has 26 heavy (non-hydrogen) atoms. The first-order valence-electron chi connectivity index (χ1n) is 8.17. The quantitative estimate of drug-likeness (QED) is 0.551. The number of carbonyl (C=O) groups excluding carboxylic acids is 1. The van der Waals surface area contributed by atoms with Gasteiger partial charge in [-0.25, -0.2) is 0 Å². The summed E-state index contributed by atoms with van der Waals surface area (Å²) in [5.41, 5.74) is 2.16. The Morgan fingerprint density at radius 3 is 2.54 bits per heavy atom. The standard InChI is InChI=1S/C21H15ClN2O2/c22-18-9-7-15(8-10-18)20-12-19(24-26-20)13-23-21(25)17-6-5-14-3-1-2-4-16(14)11-17/h1-12H,13H2,(H,23,25). The third kappa shape index (κ3) is 3.46. The fourth-order valence-electron chi connectivity index (χ4n) is 2.75. The van der Waals surface area contributed by atoms with Gasteiger partial charge in [-0.1, -0.05) is 47.1 Å². The van der Waals surface area contributed by atoms with Crippen molar-refractivity contribution in [2.45, 2.75) is 6.54 Å². The van der Waals surface area contributed by atoms with E-state index in [0.717, 1.165) is 16.3 Å². The molecule has 0 aliphatic rings. The molecule has 4 aromatic rings. The number of amides is 1. The van der Waals surface area contributed by atoms with Crippen LogP contribution in [-0.2, 0) is 6.54 Å². The summed E-state index contributed by atoms with van der Waals surface area (Å²) < 4.78 is 5.34. The number of nitrogens with one attached hydrogen (secondary N) is 1. The molecule has 0 saturated heterocycles. The van der Waals surface area contributed by atoms with Gasteiger partial charge in [-0.2, -0.15) is 0 Å². The predicted octanol–water partition coefficient (Wildman–Crippen LogP) is 5.08. The van der Waals surface area contributed by atoms with E-state index >= 15 is 0 Å². The molecule has 5 heteroatoms. The van der Waals surface area contributed by atoms with E-state index < -0.39 is 0 Å². The van der Waals surface area contributed by atoms with E-state index in [-0.39, 0.29) is 5.91 Å². The lowest BCUT2D eigenvalue weighted by Crippen LogP contribution is -2.22. The third-order valence-corrected chi connectivity index (χ3v) is 4.38. The van der Waals surface area contributed by atoms with Crippen LogP contribution in [0, 0.1) is 0 Å². The fourth-order valence-corrected chi connectivity index (χ4v) is 2.87. The lowest BCUT2D eigenvalue weighted by Gasteiger charge is -2.04. The average Bonchev–Trinajstić information content (AvgIpc) is 3.15. The highest BCUT2D eigenvalue weighted by Gasteiger charge is 2.10. The molecule has 0 atom stereocenters. The van der Waals surface area contributed by atoms with Crippen molar-refractivity contribution >= 4 is 28.3 Å². The summed E-state index contributed by atoms with van der Waals surface area (Å²) in [7, 11) is 0. The monoisotopic (exact) mass is 362 g/mol. The number of aromatic nitrogens is 1. The maximum Gasteiger partial charge on any atom is 0.251 e. The van der Waals surface area contributed by atoms with E-state index in [9.17, 15) is 4.79 Å². The summed E-state index contributed by atoms with van der Waals surface area (Å²) in [5, 5.41) is 9.68. The van der Waals surface area contributed by atoms with Crippen molar-refractivity contribution in [1.82, 2.24) is 10.5 Å². The second-order valence-corrected chi connectivity index (χ2v) is 6.37. The van der Waals surface area contributed by atoms with Gasteiger partial charge in [0, 0.05) is 22.2 Å². The first-order valence-corrected chi connectivity index (χ1v) is 8.55. The van der Waals surface area contributed by atoms with E-state index in [0.29, 0.717) is 28.6 Å². The molecule has 0 spiro atoms. The number of hydrogen-bond donors (Lipinski definition) is 1. The van der Waals surface area contributed by atoms with Gasteiger partial charge in [0.15, 0.2) is 5.76 Å². The molecule has 0 aliphatic heterocycles. The van der Waals surface area contributed by atoms with Gasteiger partial charge in [0.2, 0.25) is 0 Å². The molecule has 0 unspecified atom stereocenters. The summed E-state index contributed by atoms with van der Waals surface area (Å²) >= 11 is 5.89.